The van der Waals surface area contributed by atoms with Crippen LogP contribution in [0.25, 0.3) is 11.4 Å². The summed E-state index contributed by atoms with van der Waals surface area (Å²) in [5, 5.41) is 28.2. The quantitative estimate of drug-likeness (QED) is 0.379. The first-order valence-electron chi connectivity index (χ1n) is 9.54. The van der Waals surface area contributed by atoms with Crippen LogP contribution in [0.3, 0.4) is 0 Å². The van der Waals surface area contributed by atoms with Gasteiger partial charge in [0.25, 0.3) is 5.69 Å². The van der Waals surface area contributed by atoms with Crippen molar-refractivity contribution in [1.29, 1.82) is 5.26 Å². The lowest BCUT2D eigenvalue weighted by molar-refractivity contribution is -0.384. The summed E-state index contributed by atoms with van der Waals surface area (Å²) in [6, 6.07) is 8.26. The molecule has 0 spiro atoms. The predicted octanol–water partition coefficient (Wildman–Crippen LogP) is 3.69. The lowest BCUT2D eigenvalue weighted by Gasteiger charge is -2.04. The molecule has 1 amide bonds. The molecule has 1 aliphatic carbocycles. The van der Waals surface area contributed by atoms with Gasteiger partial charge in [-0.15, -0.1) is 11.3 Å². The lowest BCUT2D eigenvalue weighted by Crippen LogP contribution is -2.19. The van der Waals surface area contributed by atoms with Crippen LogP contribution in [0, 0.1) is 21.4 Å². The Morgan fingerprint density at radius 3 is 2.97 bits per heavy atom. The number of rotatable bonds is 5. The molecule has 0 unspecified atom stereocenters. The molecular formula is C20H18N6O3S. The highest BCUT2D eigenvalue weighted by atomic mass is 32.1. The zero-order valence-electron chi connectivity index (χ0n) is 16.0. The normalized spacial score (nSPS) is 13.2. The highest BCUT2D eigenvalue weighted by Gasteiger charge is 2.21. The summed E-state index contributed by atoms with van der Waals surface area (Å²) in [6.45, 7) is -0.0740. The van der Waals surface area contributed by atoms with Crippen molar-refractivity contribution in [3.63, 3.8) is 0 Å². The number of fused-ring (bicyclic) bond motifs is 1. The van der Waals surface area contributed by atoms with Crippen LogP contribution in [0.1, 0.15) is 35.3 Å². The van der Waals surface area contributed by atoms with E-state index in [9.17, 15) is 20.2 Å². The monoisotopic (exact) mass is 422 g/mol. The van der Waals surface area contributed by atoms with Gasteiger partial charge in [-0.2, -0.15) is 10.4 Å². The second-order valence-electron chi connectivity index (χ2n) is 7.00. The molecule has 152 valence electrons. The highest BCUT2D eigenvalue weighted by Crippen LogP contribution is 2.37. The van der Waals surface area contributed by atoms with E-state index in [1.165, 1.54) is 39.4 Å². The molecule has 1 aliphatic rings. The molecule has 0 saturated heterocycles. The van der Waals surface area contributed by atoms with Gasteiger partial charge in [-0.3, -0.25) is 14.9 Å². The Hall–Kier alpha value is -3.58. The smallest absolute Gasteiger partial charge is 0.270 e. The van der Waals surface area contributed by atoms with Gasteiger partial charge in [0.15, 0.2) is 5.82 Å². The van der Waals surface area contributed by atoms with E-state index in [0.717, 1.165) is 37.7 Å². The van der Waals surface area contributed by atoms with Crippen molar-refractivity contribution < 1.29 is 9.72 Å². The van der Waals surface area contributed by atoms with Gasteiger partial charge >= 0.3 is 0 Å². The third kappa shape index (κ3) is 4.06. The van der Waals surface area contributed by atoms with E-state index in [-0.39, 0.29) is 18.1 Å². The Morgan fingerprint density at radius 1 is 1.33 bits per heavy atom. The number of nitro groups is 1. The molecule has 0 atom stereocenters. The number of aryl methyl sites for hydroxylation is 1. The van der Waals surface area contributed by atoms with E-state index in [1.54, 1.807) is 12.1 Å². The number of nitrogens with one attached hydrogen (secondary N) is 1. The number of nitriles is 1. The van der Waals surface area contributed by atoms with Gasteiger partial charge in [0.05, 0.1) is 10.5 Å². The lowest BCUT2D eigenvalue weighted by atomic mass is 10.1. The van der Waals surface area contributed by atoms with Gasteiger partial charge in [-0.05, 0) is 31.2 Å². The minimum atomic E-state index is -0.483. The summed E-state index contributed by atoms with van der Waals surface area (Å²) in [5.41, 5.74) is 2.09. The molecule has 0 radical (unpaired) electrons. The number of carbonyl (C=O) groups excluding carboxylic acids is 1. The zero-order valence-corrected chi connectivity index (χ0v) is 16.8. The highest BCUT2D eigenvalue weighted by molar-refractivity contribution is 7.16. The van der Waals surface area contributed by atoms with E-state index < -0.39 is 4.92 Å². The van der Waals surface area contributed by atoms with Crippen molar-refractivity contribution in [2.75, 3.05) is 5.32 Å². The number of anilines is 1. The van der Waals surface area contributed by atoms with Crippen LogP contribution in [-0.4, -0.2) is 25.6 Å². The largest absolute Gasteiger partial charge is 0.315 e. The van der Waals surface area contributed by atoms with Gasteiger partial charge in [0, 0.05) is 22.6 Å². The molecule has 2 aromatic heterocycles. The number of thiophene rings is 1. The van der Waals surface area contributed by atoms with Gasteiger partial charge in [-0.25, -0.2) is 9.67 Å². The van der Waals surface area contributed by atoms with E-state index >= 15 is 0 Å². The summed E-state index contributed by atoms with van der Waals surface area (Å²) >= 11 is 1.48. The van der Waals surface area contributed by atoms with Crippen molar-refractivity contribution in [3.8, 4) is 17.5 Å². The van der Waals surface area contributed by atoms with Crippen LogP contribution >= 0.6 is 11.3 Å². The van der Waals surface area contributed by atoms with Crippen molar-refractivity contribution in [2.45, 2.75) is 38.6 Å². The van der Waals surface area contributed by atoms with Gasteiger partial charge in [-0.1, -0.05) is 18.6 Å². The predicted molar refractivity (Wildman–Crippen MR) is 111 cm³/mol. The molecule has 9 nitrogen and oxygen atoms in total. The Bertz CT molecular complexity index is 1160. The number of hydrogen-bond donors (Lipinski definition) is 1. The minimum Gasteiger partial charge on any atom is -0.315 e. The number of aromatic nitrogens is 3. The van der Waals surface area contributed by atoms with Gasteiger partial charge in [0.2, 0.25) is 5.91 Å². The maximum Gasteiger partial charge on any atom is 0.270 e. The summed E-state index contributed by atoms with van der Waals surface area (Å²) < 4.78 is 1.37. The van der Waals surface area contributed by atoms with E-state index in [2.05, 4.69) is 21.5 Å². The molecule has 1 aromatic carbocycles. The third-order valence-corrected chi connectivity index (χ3v) is 6.15. The summed E-state index contributed by atoms with van der Waals surface area (Å²) in [7, 11) is 0. The maximum absolute atomic E-state index is 12.5. The molecule has 0 bridgehead atoms. The zero-order chi connectivity index (χ0) is 21.1. The fraction of sp³-hybridized carbons (Fsp3) is 0.300. The Balaban J connectivity index is 1.48. The molecule has 3 aromatic rings. The first-order chi connectivity index (χ1) is 14.5. The molecule has 10 heteroatoms. The molecule has 1 N–H and O–H groups in total. The fourth-order valence-corrected chi connectivity index (χ4v) is 4.78. The number of carbonyl (C=O) groups is 1. The Kier molecular flexibility index (Phi) is 5.54. The summed E-state index contributed by atoms with van der Waals surface area (Å²) in [4.78, 5) is 28.3. The van der Waals surface area contributed by atoms with E-state index in [4.69, 9.17) is 0 Å². The Labute approximate surface area is 176 Å². The van der Waals surface area contributed by atoms with Crippen LogP contribution in [0.4, 0.5) is 10.7 Å². The second kappa shape index (κ2) is 8.42. The van der Waals surface area contributed by atoms with E-state index in [0.29, 0.717) is 22.0 Å². The maximum atomic E-state index is 12.5. The van der Waals surface area contributed by atoms with Crippen LogP contribution in [0.5, 0.6) is 0 Å². The van der Waals surface area contributed by atoms with Crippen molar-refractivity contribution in [1.82, 2.24) is 14.8 Å². The molecule has 0 fully saturated rings. The number of amides is 1. The molecule has 2 heterocycles. The van der Waals surface area contributed by atoms with Crippen LogP contribution in [0.15, 0.2) is 30.6 Å². The second-order valence-corrected chi connectivity index (χ2v) is 8.11. The third-order valence-electron chi connectivity index (χ3n) is 4.94. The number of non-ortho nitro benzene ring substituents is 1. The first-order valence-corrected chi connectivity index (χ1v) is 10.4. The number of nitro benzene ring substituents is 1. The van der Waals surface area contributed by atoms with Crippen molar-refractivity contribution >= 4 is 27.9 Å². The van der Waals surface area contributed by atoms with Gasteiger partial charge in [0.1, 0.15) is 23.9 Å². The number of benzene rings is 1. The van der Waals surface area contributed by atoms with Crippen molar-refractivity contribution in [2.24, 2.45) is 0 Å². The number of hydrogen-bond acceptors (Lipinski definition) is 7. The first kappa shape index (κ1) is 19.7. The molecule has 0 aliphatic heterocycles. The average molecular weight is 422 g/mol. The average Bonchev–Trinajstić information content (AvgIpc) is 3.25. The van der Waals surface area contributed by atoms with Crippen LogP contribution < -0.4 is 5.32 Å². The fourth-order valence-electron chi connectivity index (χ4n) is 3.52. The summed E-state index contributed by atoms with van der Waals surface area (Å²) in [6.07, 6.45) is 6.55. The Morgan fingerprint density at radius 2 is 2.17 bits per heavy atom. The van der Waals surface area contributed by atoms with Crippen LogP contribution in [-0.2, 0) is 24.2 Å². The summed E-state index contributed by atoms with van der Waals surface area (Å²) in [5.74, 6) is -0.00884. The van der Waals surface area contributed by atoms with Crippen molar-refractivity contribution in [3.05, 3.63) is 56.7 Å². The molecule has 4 rings (SSSR count). The minimum absolute atomic E-state index is 0.0527. The molecule has 30 heavy (non-hydrogen) atoms. The number of nitrogens with zero attached hydrogens (tertiary/aromatic N) is 5. The SMILES string of the molecule is N#Cc1c(NC(=O)Cn2cnc(-c3cccc([N+](=O)[O-])c3)n2)sc2c1CCCCC2. The topological polar surface area (TPSA) is 127 Å². The van der Waals surface area contributed by atoms with Crippen LogP contribution in [0.2, 0.25) is 0 Å². The standard InChI is InChI=1S/C20H18N6O3S/c21-10-16-15-7-2-1-3-8-17(15)30-20(16)23-18(27)11-25-12-22-19(24-25)13-5-4-6-14(9-13)26(28)29/h4-6,9,12H,1-3,7-8,11H2,(H,23,27). The molecular weight excluding hydrogens is 404 g/mol. The molecule has 0 saturated carbocycles. The van der Waals surface area contributed by atoms with Gasteiger partial charge < -0.3 is 5.32 Å². The van der Waals surface area contributed by atoms with E-state index in [1.807, 2.05) is 0 Å².